The highest BCUT2D eigenvalue weighted by Crippen LogP contribution is 2.18. The van der Waals surface area contributed by atoms with Crippen molar-refractivity contribution >= 4 is 15.9 Å². The summed E-state index contributed by atoms with van der Waals surface area (Å²) in [6.45, 7) is -0.422. The first-order valence-corrected chi connectivity index (χ1v) is 6.87. The molecule has 0 aliphatic heterocycles. The number of sulfonamides is 1. The molecule has 2 N–H and O–H groups in total. The van der Waals surface area contributed by atoms with Crippen molar-refractivity contribution in [3.63, 3.8) is 0 Å². The number of carbonyl (C=O) groups is 1. The summed E-state index contributed by atoms with van der Waals surface area (Å²) in [6.07, 6.45) is 2.99. The van der Waals surface area contributed by atoms with E-state index in [0.29, 0.717) is 0 Å². The smallest absolute Gasteiger partial charge is 0.261 e. The minimum Gasteiger partial charge on any atom is -0.352 e. The number of hydrogen-bond acceptors (Lipinski definition) is 4. The second-order valence-electron chi connectivity index (χ2n) is 3.96. The Balaban J connectivity index is 1.98. The van der Waals surface area contributed by atoms with E-state index in [1.165, 1.54) is 12.3 Å². The molecule has 1 fully saturated rings. The highest BCUT2D eigenvalue weighted by molar-refractivity contribution is 7.89. The van der Waals surface area contributed by atoms with Gasteiger partial charge >= 0.3 is 0 Å². The van der Waals surface area contributed by atoms with E-state index in [1.54, 1.807) is 0 Å². The highest BCUT2D eigenvalue weighted by atomic mass is 32.2. The van der Waals surface area contributed by atoms with Crippen LogP contribution in [0.25, 0.3) is 0 Å². The van der Waals surface area contributed by atoms with E-state index in [9.17, 15) is 17.6 Å². The minimum atomic E-state index is -4.10. The van der Waals surface area contributed by atoms with Crippen LogP contribution in [-0.2, 0) is 14.8 Å². The predicted octanol–water partition coefficient (Wildman–Crippen LogP) is -0.222. The molecule has 1 saturated carbocycles. The van der Waals surface area contributed by atoms with Gasteiger partial charge in [0.15, 0.2) is 5.82 Å². The number of carbonyl (C=O) groups excluding carboxylic acids is 1. The van der Waals surface area contributed by atoms with E-state index in [0.717, 1.165) is 18.9 Å². The standard InChI is InChI=1S/C10H12FN3O3S/c11-8-2-1-5-12-10(8)18(16,17)13-6-9(15)14-7-3-4-7/h1-2,5,7,13H,3-4,6H2,(H,14,15). The lowest BCUT2D eigenvalue weighted by Crippen LogP contribution is -2.38. The highest BCUT2D eigenvalue weighted by Gasteiger charge is 2.25. The lowest BCUT2D eigenvalue weighted by atomic mass is 10.5. The van der Waals surface area contributed by atoms with Crippen LogP contribution in [0.1, 0.15) is 12.8 Å². The fraction of sp³-hybridized carbons (Fsp3) is 0.400. The molecule has 0 bridgehead atoms. The number of rotatable bonds is 5. The van der Waals surface area contributed by atoms with Gasteiger partial charge < -0.3 is 5.32 Å². The molecule has 2 rings (SSSR count). The first-order valence-electron chi connectivity index (χ1n) is 5.38. The van der Waals surface area contributed by atoms with Gasteiger partial charge in [-0.25, -0.2) is 22.5 Å². The fourth-order valence-corrected chi connectivity index (χ4v) is 2.29. The molecule has 0 radical (unpaired) electrons. The molecular formula is C10H12FN3O3S. The van der Waals surface area contributed by atoms with Gasteiger partial charge in [0, 0.05) is 12.2 Å². The third-order valence-corrected chi connectivity index (χ3v) is 3.68. The Bertz CT molecular complexity index is 557. The number of hydrogen-bond donors (Lipinski definition) is 2. The first-order chi connectivity index (χ1) is 8.49. The van der Waals surface area contributed by atoms with Crippen LogP contribution in [0.15, 0.2) is 23.4 Å². The SMILES string of the molecule is O=C(CNS(=O)(=O)c1ncccc1F)NC1CC1. The topological polar surface area (TPSA) is 88.2 Å². The van der Waals surface area contributed by atoms with Gasteiger partial charge in [0.05, 0.1) is 6.54 Å². The van der Waals surface area contributed by atoms with Gasteiger partial charge in [0.1, 0.15) is 0 Å². The van der Waals surface area contributed by atoms with Crippen molar-refractivity contribution in [2.45, 2.75) is 23.9 Å². The van der Waals surface area contributed by atoms with Crippen LogP contribution < -0.4 is 10.0 Å². The molecule has 1 aliphatic carbocycles. The van der Waals surface area contributed by atoms with E-state index < -0.39 is 33.3 Å². The van der Waals surface area contributed by atoms with Gasteiger partial charge in [-0.15, -0.1) is 0 Å². The fourth-order valence-electron chi connectivity index (χ4n) is 1.30. The monoisotopic (exact) mass is 273 g/mol. The van der Waals surface area contributed by atoms with Gasteiger partial charge in [0.2, 0.25) is 10.9 Å². The maximum Gasteiger partial charge on any atom is 0.261 e. The van der Waals surface area contributed by atoms with Gasteiger partial charge in [0.25, 0.3) is 10.0 Å². The second-order valence-corrected chi connectivity index (χ2v) is 5.64. The Morgan fingerprint density at radius 1 is 1.50 bits per heavy atom. The van der Waals surface area contributed by atoms with Crippen molar-refractivity contribution in [2.24, 2.45) is 0 Å². The predicted molar refractivity (Wildman–Crippen MR) is 60.5 cm³/mol. The summed E-state index contributed by atoms with van der Waals surface area (Å²) in [5, 5.41) is 1.91. The molecule has 1 aromatic heterocycles. The Morgan fingerprint density at radius 2 is 2.22 bits per heavy atom. The number of amides is 1. The van der Waals surface area contributed by atoms with E-state index in [-0.39, 0.29) is 6.04 Å². The largest absolute Gasteiger partial charge is 0.352 e. The molecular weight excluding hydrogens is 261 g/mol. The summed E-state index contributed by atoms with van der Waals surface area (Å²) in [5.41, 5.74) is 0. The van der Waals surface area contributed by atoms with E-state index >= 15 is 0 Å². The van der Waals surface area contributed by atoms with Gasteiger partial charge in [-0.1, -0.05) is 0 Å². The van der Waals surface area contributed by atoms with Crippen molar-refractivity contribution in [1.29, 1.82) is 0 Å². The number of pyridine rings is 1. The van der Waals surface area contributed by atoms with Crippen LogP contribution in [0, 0.1) is 5.82 Å². The Labute approximate surface area is 104 Å². The maximum atomic E-state index is 13.2. The lowest BCUT2D eigenvalue weighted by Gasteiger charge is -2.06. The molecule has 18 heavy (non-hydrogen) atoms. The lowest BCUT2D eigenvalue weighted by molar-refractivity contribution is -0.120. The van der Waals surface area contributed by atoms with Crippen molar-refractivity contribution < 1.29 is 17.6 Å². The molecule has 0 spiro atoms. The first kappa shape index (κ1) is 12.9. The molecule has 1 heterocycles. The number of aromatic nitrogens is 1. The van der Waals surface area contributed by atoms with Crippen molar-refractivity contribution in [3.8, 4) is 0 Å². The summed E-state index contributed by atoms with van der Waals surface area (Å²) >= 11 is 0. The van der Waals surface area contributed by atoms with E-state index in [1.807, 2.05) is 4.72 Å². The zero-order valence-electron chi connectivity index (χ0n) is 9.39. The average Bonchev–Trinajstić information content (AvgIpc) is 3.11. The maximum absolute atomic E-state index is 13.2. The third kappa shape index (κ3) is 3.23. The van der Waals surface area contributed by atoms with Crippen molar-refractivity contribution in [3.05, 3.63) is 24.1 Å². The zero-order valence-corrected chi connectivity index (χ0v) is 10.2. The summed E-state index contributed by atoms with van der Waals surface area (Å²) < 4.78 is 38.6. The summed E-state index contributed by atoms with van der Waals surface area (Å²) in [4.78, 5) is 14.7. The van der Waals surface area contributed by atoms with E-state index in [2.05, 4.69) is 10.3 Å². The normalized spacial score (nSPS) is 15.4. The van der Waals surface area contributed by atoms with Crippen molar-refractivity contribution in [1.82, 2.24) is 15.0 Å². The second kappa shape index (κ2) is 4.99. The van der Waals surface area contributed by atoms with Crippen LogP contribution in [-0.4, -0.2) is 31.9 Å². The average molecular weight is 273 g/mol. The minimum absolute atomic E-state index is 0.147. The van der Waals surface area contributed by atoms with Crippen LogP contribution in [0.5, 0.6) is 0 Å². The molecule has 1 aliphatic rings. The molecule has 6 nitrogen and oxygen atoms in total. The Hall–Kier alpha value is -1.54. The van der Waals surface area contributed by atoms with E-state index in [4.69, 9.17) is 0 Å². The summed E-state index contributed by atoms with van der Waals surface area (Å²) in [7, 11) is -4.10. The van der Waals surface area contributed by atoms with Crippen LogP contribution in [0.2, 0.25) is 0 Å². The number of halogens is 1. The molecule has 1 amide bonds. The van der Waals surface area contributed by atoms with Gasteiger partial charge in [-0.2, -0.15) is 0 Å². The number of nitrogens with one attached hydrogen (secondary N) is 2. The van der Waals surface area contributed by atoms with Gasteiger partial charge in [-0.3, -0.25) is 4.79 Å². The Morgan fingerprint density at radius 3 is 2.83 bits per heavy atom. The summed E-state index contributed by atoms with van der Waals surface area (Å²) in [6, 6.07) is 2.42. The molecule has 98 valence electrons. The molecule has 1 aromatic rings. The zero-order chi connectivity index (χ0) is 13.2. The quantitative estimate of drug-likeness (QED) is 0.776. The van der Waals surface area contributed by atoms with Crippen LogP contribution in [0.3, 0.4) is 0 Å². The van der Waals surface area contributed by atoms with Crippen molar-refractivity contribution in [2.75, 3.05) is 6.54 Å². The third-order valence-electron chi connectivity index (χ3n) is 2.34. The summed E-state index contributed by atoms with van der Waals surface area (Å²) in [5.74, 6) is -1.38. The van der Waals surface area contributed by atoms with Crippen LogP contribution in [0.4, 0.5) is 4.39 Å². The van der Waals surface area contributed by atoms with Gasteiger partial charge in [-0.05, 0) is 25.0 Å². The molecule has 0 unspecified atom stereocenters. The molecule has 0 aromatic carbocycles. The molecule has 0 saturated heterocycles. The number of nitrogens with zero attached hydrogens (tertiary/aromatic N) is 1. The van der Waals surface area contributed by atoms with Crippen LogP contribution >= 0.6 is 0 Å². The molecule has 0 atom stereocenters. The molecule has 8 heteroatoms. The Kier molecular flexibility index (Phi) is 3.58.